The van der Waals surface area contributed by atoms with Gasteiger partial charge in [-0.2, -0.15) is 0 Å². The zero-order valence-electron chi connectivity index (χ0n) is 15.7. The molecule has 1 aliphatic heterocycles. The Morgan fingerprint density at radius 2 is 1.81 bits per heavy atom. The lowest BCUT2D eigenvalue weighted by molar-refractivity contribution is -0.126. The molecule has 1 heterocycles. The summed E-state index contributed by atoms with van der Waals surface area (Å²) < 4.78 is 0. The predicted octanol–water partition coefficient (Wildman–Crippen LogP) is 3.68. The molecule has 0 radical (unpaired) electrons. The van der Waals surface area contributed by atoms with E-state index in [1.807, 2.05) is 55.5 Å². The van der Waals surface area contributed by atoms with Crippen LogP contribution in [-0.2, 0) is 17.9 Å². The normalized spacial score (nSPS) is 14.5. The van der Waals surface area contributed by atoms with E-state index in [9.17, 15) is 9.59 Å². The molecular formula is C22H26N2O2. The van der Waals surface area contributed by atoms with E-state index in [1.54, 1.807) is 4.90 Å². The van der Waals surface area contributed by atoms with Crippen LogP contribution in [0.2, 0.25) is 0 Å². The first kappa shape index (κ1) is 18.2. The number of carbonyl (C=O) groups excluding carboxylic acids is 2. The highest BCUT2D eigenvalue weighted by Gasteiger charge is 2.36. The summed E-state index contributed by atoms with van der Waals surface area (Å²) in [5, 5.41) is 3.02. The van der Waals surface area contributed by atoms with Crippen LogP contribution in [0.15, 0.2) is 48.5 Å². The lowest BCUT2D eigenvalue weighted by Gasteiger charge is -2.28. The summed E-state index contributed by atoms with van der Waals surface area (Å²) in [7, 11) is 0. The van der Waals surface area contributed by atoms with Gasteiger partial charge in [-0.15, -0.1) is 0 Å². The van der Waals surface area contributed by atoms with E-state index in [-0.39, 0.29) is 11.8 Å². The Balaban J connectivity index is 1.72. The molecule has 4 nitrogen and oxygen atoms in total. The lowest BCUT2D eigenvalue weighted by Crippen LogP contribution is -2.47. The SMILES string of the molecule is Cc1ccc(CNC(=O)[C@H](CC(C)C)N2Cc3ccccc3C2=O)cc1. The minimum Gasteiger partial charge on any atom is -0.350 e. The smallest absolute Gasteiger partial charge is 0.255 e. The summed E-state index contributed by atoms with van der Waals surface area (Å²) in [6, 6.07) is 15.3. The summed E-state index contributed by atoms with van der Waals surface area (Å²) >= 11 is 0. The molecule has 0 saturated carbocycles. The minimum atomic E-state index is -0.444. The molecule has 2 aromatic rings. The monoisotopic (exact) mass is 350 g/mol. The summed E-state index contributed by atoms with van der Waals surface area (Å²) in [6.07, 6.45) is 0.652. The molecule has 26 heavy (non-hydrogen) atoms. The van der Waals surface area contributed by atoms with Gasteiger partial charge in [0.05, 0.1) is 0 Å². The van der Waals surface area contributed by atoms with Gasteiger partial charge in [-0.25, -0.2) is 0 Å². The van der Waals surface area contributed by atoms with Gasteiger partial charge < -0.3 is 10.2 Å². The fourth-order valence-electron chi connectivity index (χ4n) is 3.36. The van der Waals surface area contributed by atoms with Crippen molar-refractivity contribution in [2.24, 2.45) is 5.92 Å². The van der Waals surface area contributed by atoms with Crippen LogP contribution < -0.4 is 5.32 Å². The number of hydrogen-bond acceptors (Lipinski definition) is 2. The third kappa shape index (κ3) is 3.96. The first-order chi connectivity index (χ1) is 12.5. The molecule has 136 valence electrons. The van der Waals surface area contributed by atoms with Gasteiger partial charge in [0.25, 0.3) is 5.91 Å². The van der Waals surface area contributed by atoms with Gasteiger partial charge in [-0.3, -0.25) is 9.59 Å². The Bertz CT molecular complexity index is 796. The third-order valence-corrected chi connectivity index (χ3v) is 4.81. The average molecular weight is 350 g/mol. The molecule has 4 heteroatoms. The number of benzene rings is 2. The number of rotatable bonds is 6. The van der Waals surface area contributed by atoms with Crippen LogP contribution in [0.3, 0.4) is 0 Å². The molecule has 0 aliphatic carbocycles. The molecule has 1 atom stereocenters. The van der Waals surface area contributed by atoms with E-state index in [2.05, 4.69) is 19.2 Å². The number of hydrogen-bond donors (Lipinski definition) is 1. The van der Waals surface area contributed by atoms with Gasteiger partial charge in [0.15, 0.2) is 0 Å². The Kier molecular flexibility index (Phi) is 5.40. The Labute approximate surface area is 155 Å². The molecule has 1 N–H and O–H groups in total. The zero-order chi connectivity index (χ0) is 18.7. The van der Waals surface area contributed by atoms with Gasteiger partial charge in [-0.1, -0.05) is 61.9 Å². The number of fused-ring (bicyclic) bond motifs is 1. The first-order valence-corrected chi connectivity index (χ1v) is 9.18. The molecule has 0 fully saturated rings. The van der Waals surface area contributed by atoms with Crippen molar-refractivity contribution in [2.45, 2.75) is 46.3 Å². The van der Waals surface area contributed by atoms with Crippen molar-refractivity contribution in [3.63, 3.8) is 0 Å². The van der Waals surface area contributed by atoms with Gasteiger partial charge in [0, 0.05) is 18.7 Å². The average Bonchev–Trinajstić information content (AvgIpc) is 2.96. The predicted molar refractivity (Wildman–Crippen MR) is 103 cm³/mol. The van der Waals surface area contributed by atoms with Crippen molar-refractivity contribution >= 4 is 11.8 Å². The van der Waals surface area contributed by atoms with Crippen LogP contribution in [0.5, 0.6) is 0 Å². The maximum absolute atomic E-state index is 12.9. The molecule has 0 aromatic heterocycles. The second kappa shape index (κ2) is 7.73. The molecule has 0 bridgehead atoms. The van der Waals surface area contributed by atoms with Crippen LogP contribution in [-0.4, -0.2) is 22.8 Å². The minimum absolute atomic E-state index is 0.0447. The van der Waals surface area contributed by atoms with Crippen molar-refractivity contribution in [2.75, 3.05) is 0 Å². The number of aryl methyl sites for hydroxylation is 1. The van der Waals surface area contributed by atoms with Crippen molar-refractivity contribution in [3.8, 4) is 0 Å². The standard InChI is InChI=1S/C22H26N2O2/c1-15(2)12-20(21(25)23-13-17-10-8-16(3)9-11-17)24-14-18-6-4-5-7-19(18)22(24)26/h4-11,15,20H,12-14H2,1-3H3,(H,23,25)/t20-/m0/s1. The summed E-state index contributed by atoms with van der Waals surface area (Å²) in [5.41, 5.74) is 3.96. The van der Waals surface area contributed by atoms with Crippen LogP contribution in [0.1, 0.15) is 47.3 Å². The highest BCUT2D eigenvalue weighted by atomic mass is 16.2. The van der Waals surface area contributed by atoms with Crippen molar-refractivity contribution < 1.29 is 9.59 Å². The Hall–Kier alpha value is -2.62. The maximum Gasteiger partial charge on any atom is 0.255 e. The lowest BCUT2D eigenvalue weighted by atomic mass is 10.0. The Morgan fingerprint density at radius 3 is 2.46 bits per heavy atom. The Morgan fingerprint density at radius 1 is 1.12 bits per heavy atom. The molecule has 2 aromatic carbocycles. The topological polar surface area (TPSA) is 49.4 Å². The van der Waals surface area contributed by atoms with Crippen molar-refractivity contribution in [1.29, 1.82) is 0 Å². The van der Waals surface area contributed by atoms with Gasteiger partial charge in [0.1, 0.15) is 6.04 Å². The molecular weight excluding hydrogens is 324 g/mol. The van der Waals surface area contributed by atoms with Gasteiger partial charge >= 0.3 is 0 Å². The maximum atomic E-state index is 12.9. The van der Waals surface area contributed by atoms with Crippen LogP contribution in [0.25, 0.3) is 0 Å². The second-order valence-electron chi connectivity index (χ2n) is 7.44. The van der Waals surface area contributed by atoms with E-state index in [1.165, 1.54) is 5.56 Å². The third-order valence-electron chi connectivity index (χ3n) is 4.81. The van der Waals surface area contributed by atoms with Crippen molar-refractivity contribution in [1.82, 2.24) is 10.2 Å². The highest BCUT2D eigenvalue weighted by Crippen LogP contribution is 2.26. The van der Waals surface area contributed by atoms with E-state index in [0.29, 0.717) is 31.0 Å². The van der Waals surface area contributed by atoms with E-state index >= 15 is 0 Å². The van der Waals surface area contributed by atoms with Gasteiger partial charge in [-0.05, 0) is 36.5 Å². The van der Waals surface area contributed by atoms with E-state index in [0.717, 1.165) is 11.1 Å². The number of carbonyl (C=O) groups is 2. The highest BCUT2D eigenvalue weighted by molar-refractivity contribution is 6.01. The van der Waals surface area contributed by atoms with E-state index < -0.39 is 6.04 Å². The summed E-state index contributed by atoms with van der Waals surface area (Å²) in [5.74, 6) is 0.193. The quantitative estimate of drug-likeness (QED) is 0.864. The first-order valence-electron chi connectivity index (χ1n) is 9.18. The van der Waals surface area contributed by atoms with Crippen LogP contribution in [0.4, 0.5) is 0 Å². The molecule has 2 amide bonds. The number of amides is 2. The molecule has 1 aliphatic rings. The van der Waals surface area contributed by atoms with Crippen LogP contribution in [0, 0.1) is 12.8 Å². The van der Waals surface area contributed by atoms with E-state index in [4.69, 9.17) is 0 Å². The molecule has 0 unspecified atom stereocenters. The fourth-order valence-corrected chi connectivity index (χ4v) is 3.36. The zero-order valence-corrected chi connectivity index (χ0v) is 15.7. The fraction of sp³-hybridized carbons (Fsp3) is 0.364. The molecule has 0 spiro atoms. The van der Waals surface area contributed by atoms with Gasteiger partial charge in [0.2, 0.25) is 5.91 Å². The molecule has 3 rings (SSSR count). The van der Waals surface area contributed by atoms with Crippen LogP contribution >= 0.6 is 0 Å². The summed E-state index contributed by atoms with van der Waals surface area (Å²) in [6.45, 7) is 7.17. The van der Waals surface area contributed by atoms with Crippen molar-refractivity contribution in [3.05, 3.63) is 70.8 Å². The second-order valence-corrected chi connectivity index (χ2v) is 7.44. The number of nitrogens with zero attached hydrogens (tertiary/aromatic N) is 1. The molecule has 0 saturated heterocycles. The largest absolute Gasteiger partial charge is 0.350 e. The summed E-state index contributed by atoms with van der Waals surface area (Å²) in [4.78, 5) is 27.4. The number of nitrogens with one attached hydrogen (secondary N) is 1.